The Bertz CT molecular complexity index is 537. The summed E-state index contributed by atoms with van der Waals surface area (Å²) in [5.41, 5.74) is 2.56. The molecule has 2 aromatic rings. The van der Waals surface area contributed by atoms with Crippen LogP contribution >= 0.6 is 11.3 Å². The predicted molar refractivity (Wildman–Crippen MR) is 82.0 cm³/mol. The van der Waals surface area contributed by atoms with E-state index >= 15 is 0 Å². The van der Waals surface area contributed by atoms with Crippen LogP contribution in [-0.4, -0.2) is 11.6 Å². The van der Waals surface area contributed by atoms with Crippen molar-refractivity contribution in [2.24, 2.45) is 5.92 Å². The summed E-state index contributed by atoms with van der Waals surface area (Å²) < 4.78 is 5.71. The number of hydrogen-bond acceptors (Lipinski definition) is 4. The third kappa shape index (κ3) is 3.81. The molecular formula is C16H20N2OS. The first-order valence-electron chi connectivity index (χ1n) is 7.14. The Hall–Kier alpha value is -1.39. The van der Waals surface area contributed by atoms with E-state index in [0.717, 1.165) is 24.9 Å². The normalized spacial score (nSPS) is 16.1. The molecule has 0 amide bonds. The molecule has 1 aliphatic rings. The van der Waals surface area contributed by atoms with Crippen LogP contribution in [0, 0.1) is 5.92 Å². The van der Waals surface area contributed by atoms with Gasteiger partial charge in [0.25, 0.3) is 0 Å². The summed E-state index contributed by atoms with van der Waals surface area (Å²) in [6.45, 7) is 3.84. The van der Waals surface area contributed by atoms with Crippen molar-refractivity contribution in [3.63, 3.8) is 0 Å². The third-order valence-electron chi connectivity index (χ3n) is 3.62. The second kappa shape index (κ2) is 6.37. The first-order chi connectivity index (χ1) is 9.81. The molecule has 0 spiro atoms. The zero-order chi connectivity index (χ0) is 13.8. The summed E-state index contributed by atoms with van der Waals surface area (Å²) in [6, 6.07) is 6.61. The lowest BCUT2D eigenvalue weighted by Crippen LogP contribution is -2.17. The van der Waals surface area contributed by atoms with Crippen LogP contribution in [0.3, 0.4) is 0 Å². The van der Waals surface area contributed by atoms with Gasteiger partial charge in [0, 0.05) is 24.8 Å². The molecule has 0 bridgehead atoms. The molecule has 0 radical (unpaired) electrons. The van der Waals surface area contributed by atoms with Gasteiger partial charge in [-0.25, -0.2) is 4.98 Å². The van der Waals surface area contributed by atoms with E-state index in [2.05, 4.69) is 34.1 Å². The fourth-order valence-corrected chi connectivity index (χ4v) is 2.79. The highest BCUT2D eigenvalue weighted by Crippen LogP contribution is 2.29. The van der Waals surface area contributed by atoms with E-state index in [-0.39, 0.29) is 0 Å². The second-order valence-corrected chi connectivity index (χ2v) is 6.20. The number of nitrogens with zero attached hydrogens (tertiary/aromatic N) is 1. The molecule has 2 aromatic heterocycles. The number of nitrogens with one attached hydrogen (secondary N) is 1. The standard InChI is InChI=1S/C16H20N2OS/c1-12(15-5-7-20-11-15)18-9-14-4-6-17-16(8-14)19-10-13-2-3-13/h4-8,11-13,18H,2-3,9-10H2,1H3. The van der Waals surface area contributed by atoms with Crippen molar-refractivity contribution in [2.45, 2.75) is 32.4 Å². The van der Waals surface area contributed by atoms with Gasteiger partial charge in [-0.3, -0.25) is 0 Å². The van der Waals surface area contributed by atoms with Gasteiger partial charge >= 0.3 is 0 Å². The van der Waals surface area contributed by atoms with Crippen LogP contribution in [0.1, 0.15) is 36.9 Å². The number of pyridine rings is 1. The molecule has 4 heteroatoms. The first-order valence-corrected chi connectivity index (χ1v) is 8.09. The average Bonchev–Trinajstić information content (AvgIpc) is 3.14. The molecule has 20 heavy (non-hydrogen) atoms. The van der Waals surface area contributed by atoms with Crippen molar-refractivity contribution in [1.29, 1.82) is 0 Å². The molecule has 1 atom stereocenters. The lowest BCUT2D eigenvalue weighted by atomic mass is 10.1. The van der Waals surface area contributed by atoms with Gasteiger partial charge in [0.05, 0.1) is 6.61 Å². The summed E-state index contributed by atoms with van der Waals surface area (Å²) in [5.74, 6) is 1.51. The minimum atomic E-state index is 0.366. The zero-order valence-electron chi connectivity index (χ0n) is 11.7. The summed E-state index contributed by atoms with van der Waals surface area (Å²) >= 11 is 1.74. The van der Waals surface area contributed by atoms with E-state index in [4.69, 9.17) is 4.74 Å². The predicted octanol–water partition coefficient (Wildman–Crippen LogP) is 3.78. The highest BCUT2D eigenvalue weighted by atomic mass is 32.1. The van der Waals surface area contributed by atoms with Crippen molar-refractivity contribution in [3.05, 3.63) is 46.3 Å². The second-order valence-electron chi connectivity index (χ2n) is 5.42. The van der Waals surface area contributed by atoms with Crippen LogP contribution < -0.4 is 10.1 Å². The van der Waals surface area contributed by atoms with E-state index in [0.29, 0.717) is 6.04 Å². The highest BCUT2D eigenvalue weighted by Gasteiger charge is 2.22. The Kier molecular flexibility index (Phi) is 4.33. The van der Waals surface area contributed by atoms with Crippen LogP contribution in [0.25, 0.3) is 0 Å². The third-order valence-corrected chi connectivity index (χ3v) is 4.32. The zero-order valence-corrected chi connectivity index (χ0v) is 12.5. The Morgan fingerprint density at radius 2 is 2.35 bits per heavy atom. The molecule has 0 saturated heterocycles. The van der Waals surface area contributed by atoms with Gasteiger partial charge in [0.1, 0.15) is 0 Å². The SMILES string of the molecule is CC(NCc1ccnc(OCC2CC2)c1)c1ccsc1. The van der Waals surface area contributed by atoms with Crippen molar-refractivity contribution in [1.82, 2.24) is 10.3 Å². The number of aromatic nitrogens is 1. The van der Waals surface area contributed by atoms with Gasteiger partial charge < -0.3 is 10.1 Å². The molecule has 1 saturated carbocycles. The Labute approximate surface area is 124 Å². The van der Waals surface area contributed by atoms with Gasteiger partial charge in [0.2, 0.25) is 5.88 Å². The summed E-state index contributed by atoms with van der Waals surface area (Å²) in [6.07, 6.45) is 4.44. The Morgan fingerprint density at radius 1 is 1.45 bits per heavy atom. The van der Waals surface area contributed by atoms with Crippen LogP contribution in [0.2, 0.25) is 0 Å². The van der Waals surface area contributed by atoms with Crippen LogP contribution in [0.15, 0.2) is 35.2 Å². The van der Waals surface area contributed by atoms with E-state index < -0.39 is 0 Å². The molecule has 0 aliphatic heterocycles. The lowest BCUT2D eigenvalue weighted by Gasteiger charge is -2.13. The average molecular weight is 288 g/mol. The smallest absolute Gasteiger partial charge is 0.213 e. The molecule has 1 aliphatic carbocycles. The highest BCUT2D eigenvalue weighted by molar-refractivity contribution is 7.07. The van der Waals surface area contributed by atoms with Gasteiger partial charge in [-0.2, -0.15) is 11.3 Å². The lowest BCUT2D eigenvalue weighted by molar-refractivity contribution is 0.288. The minimum Gasteiger partial charge on any atom is -0.477 e. The molecule has 3 nitrogen and oxygen atoms in total. The summed E-state index contributed by atoms with van der Waals surface area (Å²) in [7, 11) is 0. The van der Waals surface area contributed by atoms with E-state index in [1.807, 2.05) is 18.3 Å². The molecule has 1 unspecified atom stereocenters. The van der Waals surface area contributed by atoms with Gasteiger partial charge in [-0.15, -0.1) is 0 Å². The number of thiophene rings is 1. The minimum absolute atomic E-state index is 0.366. The maximum absolute atomic E-state index is 5.71. The molecule has 2 heterocycles. The molecule has 0 aromatic carbocycles. The molecule has 106 valence electrons. The maximum Gasteiger partial charge on any atom is 0.213 e. The van der Waals surface area contributed by atoms with E-state index in [9.17, 15) is 0 Å². The monoisotopic (exact) mass is 288 g/mol. The maximum atomic E-state index is 5.71. The quantitative estimate of drug-likeness (QED) is 0.842. The van der Waals surface area contributed by atoms with Crippen molar-refractivity contribution in [3.8, 4) is 5.88 Å². The first kappa shape index (κ1) is 13.6. The van der Waals surface area contributed by atoms with Gasteiger partial charge in [0.15, 0.2) is 0 Å². The summed E-state index contributed by atoms with van der Waals surface area (Å²) in [5, 5.41) is 7.83. The van der Waals surface area contributed by atoms with E-state index in [1.165, 1.54) is 24.0 Å². The van der Waals surface area contributed by atoms with Crippen LogP contribution in [-0.2, 0) is 6.54 Å². The van der Waals surface area contributed by atoms with Crippen LogP contribution in [0.4, 0.5) is 0 Å². The molecular weight excluding hydrogens is 268 g/mol. The molecule has 3 rings (SSSR count). The Balaban J connectivity index is 1.52. The fraction of sp³-hybridized carbons (Fsp3) is 0.438. The number of rotatable bonds is 7. The molecule has 1 fully saturated rings. The van der Waals surface area contributed by atoms with Crippen molar-refractivity contribution >= 4 is 11.3 Å². The number of ether oxygens (including phenoxy) is 1. The van der Waals surface area contributed by atoms with E-state index in [1.54, 1.807) is 11.3 Å². The fourth-order valence-electron chi connectivity index (χ4n) is 2.04. The van der Waals surface area contributed by atoms with Crippen molar-refractivity contribution < 1.29 is 4.74 Å². The van der Waals surface area contributed by atoms with Gasteiger partial charge in [-0.1, -0.05) is 0 Å². The largest absolute Gasteiger partial charge is 0.477 e. The molecule has 1 N–H and O–H groups in total. The van der Waals surface area contributed by atoms with Crippen molar-refractivity contribution in [2.75, 3.05) is 6.61 Å². The number of hydrogen-bond donors (Lipinski definition) is 1. The van der Waals surface area contributed by atoms with Crippen LogP contribution in [0.5, 0.6) is 5.88 Å². The summed E-state index contributed by atoms with van der Waals surface area (Å²) in [4.78, 5) is 4.27. The van der Waals surface area contributed by atoms with Gasteiger partial charge in [-0.05, 0) is 59.7 Å². The Morgan fingerprint density at radius 3 is 3.10 bits per heavy atom. The topological polar surface area (TPSA) is 34.2 Å².